The largest absolute Gasteiger partial charge is 0.465 e. The molecule has 1 rings (SSSR count). The van der Waals surface area contributed by atoms with E-state index in [0.717, 1.165) is 0 Å². The number of ether oxygens (including phenoxy) is 1. The van der Waals surface area contributed by atoms with Crippen molar-refractivity contribution in [1.82, 2.24) is 0 Å². The fourth-order valence-corrected chi connectivity index (χ4v) is 1.72. The quantitative estimate of drug-likeness (QED) is 0.358. The lowest BCUT2D eigenvalue weighted by Crippen LogP contribution is -2.16. The lowest BCUT2D eigenvalue weighted by atomic mass is 10.1. The van der Waals surface area contributed by atoms with Gasteiger partial charge in [-0.25, -0.2) is 4.79 Å². The Morgan fingerprint density at radius 2 is 2.00 bits per heavy atom. The molecule has 0 atom stereocenters. The summed E-state index contributed by atoms with van der Waals surface area (Å²) in [6.45, 7) is 6.43. The second-order valence-electron chi connectivity index (χ2n) is 4.80. The Kier molecular flexibility index (Phi) is 3.97. The Hall–Kier alpha value is -1.73. The van der Waals surface area contributed by atoms with Crippen LogP contribution < -0.4 is 5.73 Å². The molecule has 1 aromatic rings. The van der Waals surface area contributed by atoms with Crippen molar-refractivity contribution in [3.05, 3.63) is 29.3 Å². The highest BCUT2D eigenvalue weighted by Crippen LogP contribution is 2.14. The summed E-state index contributed by atoms with van der Waals surface area (Å²) in [5.41, 5.74) is 10.6. The van der Waals surface area contributed by atoms with Gasteiger partial charge in [-0.3, -0.25) is 0 Å². The highest BCUT2D eigenvalue weighted by atomic mass is 28.3. The summed E-state index contributed by atoms with van der Waals surface area (Å²) in [7, 11) is -0.124. The second-order valence-corrected chi connectivity index (χ2v) is 9.55. The van der Waals surface area contributed by atoms with E-state index in [1.54, 1.807) is 18.2 Å². The first-order valence-corrected chi connectivity index (χ1v) is 8.84. The Morgan fingerprint density at radius 3 is 2.53 bits per heavy atom. The third-order valence-electron chi connectivity index (χ3n) is 2.02. The third kappa shape index (κ3) is 3.97. The second kappa shape index (κ2) is 5.06. The number of rotatable bonds is 1. The Balaban J connectivity index is 3.24. The van der Waals surface area contributed by atoms with Crippen LogP contribution in [0.4, 0.5) is 5.69 Å². The van der Waals surface area contributed by atoms with Gasteiger partial charge in [0, 0.05) is 11.3 Å². The molecule has 0 aliphatic heterocycles. The van der Waals surface area contributed by atoms with E-state index in [1.165, 1.54) is 7.11 Å². The number of benzene rings is 1. The molecule has 0 unspecified atom stereocenters. The SMILES string of the molecule is COC(=O)c1ccc(N)cc1C#C[Si](C)(C)C. The molecule has 0 amide bonds. The van der Waals surface area contributed by atoms with E-state index in [9.17, 15) is 4.79 Å². The van der Waals surface area contributed by atoms with Crippen LogP contribution >= 0.6 is 0 Å². The predicted octanol–water partition coefficient (Wildman–Crippen LogP) is 2.28. The van der Waals surface area contributed by atoms with Crippen LogP contribution in [0.15, 0.2) is 18.2 Å². The number of methoxy groups -OCH3 is 1. The lowest BCUT2D eigenvalue weighted by Gasteiger charge is -2.06. The molecule has 2 N–H and O–H groups in total. The minimum atomic E-state index is -1.48. The molecule has 0 aliphatic rings. The zero-order valence-corrected chi connectivity index (χ0v) is 11.6. The average Bonchev–Trinajstić information content (AvgIpc) is 2.24. The van der Waals surface area contributed by atoms with Crippen LogP contribution in [0.1, 0.15) is 15.9 Å². The fraction of sp³-hybridized carbons (Fsp3) is 0.308. The maximum atomic E-state index is 11.6. The normalized spacial score (nSPS) is 10.4. The molecule has 0 radical (unpaired) electrons. The fourth-order valence-electron chi connectivity index (χ4n) is 1.21. The van der Waals surface area contributed by atoms with E-state index in [0.29, 0.717) is 16.8 Å². The lowest BCUT2D eigenvalue weighted by molar-refractivity contribution is 0.0600. The van der Waals surface area contributed by atoms with Gasteiger partial charge >= 0.3 is 5.97 Å². The molecular weight excluding hydrogens is 230 g/mol. The molecular formula is C13H17NO2Si. The average molecular weight is 247 g/mol. The molecule has 0 fully saturated rings. The smallest absolute Gasteiger partial charge is 0.339 e. The van der Waals surface area contributed by atoms with Crippen LogP contribution in [0, 0.1) is 11.5 Å². The van der Waals surface area contributed by atoms with Crippen molar-refractivity contribution in [3.63, 3.8) is 0 Å². The van der Waals surface area contributed by atoms with E-state index in [1.807, 2.05) is 0 Å². The Bertz CT molecular complexity index is 492. The summed E-state index contributed by atoms with van der Waals surface area (Å²) in [6, 6.07) is 5.03. The molecule has 1 aromatic carbocycles. The standard InChI is InChI=1S/C13H17NO2Si/c1-16-13(15)12-6-5-11(14)9-10(12)7-8-17(2,3)4/h5-6,9H,14H2,1-4H3. The van der Waals surface area contributed by atoms with E-state index in [-0.39, 0.29) is 5.97 Å². The summed E-state index contributed by atoms with van der Waals surface area (Å²) in [4.78, 5) is 11.6. The molecule has 90 valence electrons. The van der Waals surface area contributed by atoms with Gasteiger partial charge in [0.2, 0.25) is 0 Å². The van der Waals surface area contributed by atoms with Crippen LogP contribution in [-0.2, 0) is 4.74 Å². The maximum Gasteiger partial charge on any atom is 0.339 e. The summed E-state index contributed by atoms with van der Waals surface area (Å²) >= 11 is 0. The van der Waals surface area contributed by atoms with Gasteiger partial charge in [-0.05, 0) is 18.2 Å². The van der Waals surface area contributed by atoms with Gasteiger partial charge in [0.15, 0.2) is 0 Å². The van der Waals surface area contributed by atoms with E-state index < -0.39 is 8.07 Å². The minimum absolute atomic E-state index is 0.384. The van der Waals surface area contributed by atoms with Crippen molar-refractivity contribution in [3.8, 4) is 11.5 Å². The highest BCUT2D eigenvalue weighted by molar-refractivity contribution is 6.83. The van der Waals surface area contributed by atoms with E-state index in [4.69, 9.17) is 10.5 Å². The molecule has 0 saturated heterocycles. The van der Waals surface area contributed by atoms with Crippen LogP contribution in [-0.4, -0.2) is 21.2 Å². The van der Waals surface area contributed by atoms with Crippen molar-refractivity contribution in [2.24, 2.45) is 0 Å². The minimum Gasteiger partial charge on any atom is -0.465 e. The van der Waals surface area contributed by atoms with E-state index in [2.05, 4.69) is 31.1 Å². The molecule has 0 aromatic heterocycles. The van der Waals surface area contributed by atoms with Gasteiger partial charge in [-0.15, -0.1) is 5.54 Å². The van der Waals surface area contributed by atoms with Gasteiger partial charge < -0.3 is 10.5 Å². The summed E-state index contributed by atoms with van der Waals surface area (Å²) < 4.78 is 4.71. The number of carbonyl (C=O) groups excluding carboxylic acids is 1. The zero-order chi connectivity index (χ0) is 13.1. The molecule has 17 heavy (non-hydrogen) atoms. The highest BCUT2D eigenvalue weighted by Gasteiger charge is 2.12. The van der Waals surface area contributed by atoms with Crippen molar-refractivity contribution in [2.75, 3.05) is 12.8 Å². The van der Waals surface area contributed by atoms with Gasteiger partial charge in [0.1, 0.15) is 8.07 Å². The van der Waals surface area contributed by atoms with Crippen molar-refractivity contribution >= 4 is 19.7 Å². The third-order valence-corrected chi connectivity index (χ3v) is 2.90. The summed E-state index contributed by atoms with van der Waals surface area (Å²) in [5, 5.41) is 0. The zero-order valence-electron chi connectivity index (χ0n) is 10.6. The molecule has 0 spiro atoms. The number of hydrogen-bond donors (Lipinski definition) is 1. The van der Waals surface area contributed by atoms with Crippen molar-refractivity contribution < 1.29 is 9.53 Å². The van der Waals surface area contributed by atoms with Crippen molar-refractivity contribution in [2.45, 2.75) is 19.6 Å². The Morgan fingerprint density at radius 1 is 1.35 bits per heavy atom. The molecule has 3 nitrogen and oxygen atoms in total. The first-order chi connectivity index (χ1) is 7.83. The first-order valence-electron chi connectivity index (χ1n) is 5.34. The summed E-state index contributed by atoms with van der Waals surface area (Å²) in [5.74, 6) is 2.66. The van der Waals surface area contributed by atoms with Gasteiger partial charge in [0.05, 0.1) is 12.7 Å². The molecule has 0 heterocycles. The van der Waals surface area contributed by atoms with Crippen LogP contribution in [0.5, 0.6) is 0 Å². The summed E-state index contributed by atoms with van der Waals surface area (Å²) in [6.07, 6.45) is 0. The Labute approximate surface area is 103 Å². The topological polar surface area (TPSA) is 52.3 Å². The van der Waals surface area contributed by atoms with E-state index >= 15 is 0 Å². The van der Waals surface area contributed by atoms with Gasteiger partial charge in [-0.1, -0.05) is 25.6 Å². The number of nitrogens with two attached hydrogens (primary N) is 1. The van der Waals surface area contributed by atoms with Crippen LogP contribution in [0.2, 0.25) is 19.6 Å². The molecule has 4 heteroatoms. The number of esters is 1. The van der Waals surface area contributed by atoms with Crippen LogP contribution in [0.3, 0.4) is 0 Å². The molecule has 0 saturated carbocycles. The first kappa shape index (κ1) is 13.3. The number of nitrogen functional groups attached to an aromatic ring is 1. The van der Waals surface area contributed by atoms with Crippen molar-refractivity contribution in [1.29, 1.82) is 0 Å². The number of carbonyl (C=O) groups is 1. The van der Waals surface area contributed by atoms with Gasteiger partial charge in [0.25, 0.3) is 0 Å². The predicted molar refractivity (Wildman–Crippen MR) is 72.4 cm³/mol. The number of hydrogen-bond acceptors (Lipinski definition) is 3. The van der Waals surface area contributed by atoms with Gasteiger partial charge in [-0.2, -0.15) is 0 Å². The molecule has 0 aliphatic carbocycles. The van der Waals surface area contributed by atoms with Crippen LogP contribution in [0.25, 0.3) is 0 Å². The maximum absolute atomic E-state index is 11.6. The number of anilines is 1. The molecule has 0 bridgehead atoms. The monoisotopic (exact) mass is 247 g/mol.